The van der Waals surface area contributed by atoms with Gasteiger partial charge in [0.25, 0.3) is 0 Å². The van der Waals surface area contributed by atoms with Crippen molar-refractivity contribution in [1.82, 2.24) is 0 Å². The predicted octanol–water partition coefficient (Wildman–Crippen LogP) is 2.50. The van der Waals surface area contributed by atoms with Crippen molar-refractivity contribution in [2.75, 3.05) is 14.2 Å². The van der Waals surface area contributed by atoms with Crippen molar-refractivity contribution in [3.8, 4) is 23.0 Å². The van der Waals surface area contributed by atoms with Crippen molar-refractivity contribution in [2.24, 2.45) is 5.92 Å². The summed E-state index contributed by atoms with van der Waals surface area (Å²) in [6.07, 6.45) is 0.311. The average molecular weight is 386 g/mol. The van der Waals surface area contributed by atoms with Crippen LogP contribution >= 0.6 is 0 Å². The number of benzene rings is 2. The van der Waals surface area contributed by atoms with E-state index in [1.54, 1.807) is 0 Å². The Morgan fingerprint density at radius 1 is 1.04 bits per heavy atom. The van der Waals surface area contributed by atoms with Gasteiger partial charge >= 0.3 is 11.9 Å². The van der Waals surface area contributed by atoms with E-state index < -0.39 is 24.0 Å². The van der Waals surface area contributed by atoms with Gasteiger partial charge in [-0.25, -0.2) is 4.79 Å². The number of esters is 1. The van der Waals surface area contributed by atoms with E-state index in [2.05, 4.69) is 0 Å². The van der Waals surface area contributed by atoms with Crippen LogP contribution in [-0.2, 0) is 14.3 Å². The molecule has 0 spiro atoms. The summed E-state index contributed by atoms with van der Waals surface area (Å²) >= 11 is 0. The summed E-state index contributed by atoms with van der Waals surface area (Å²) in [7, 11) is 2.74. The summed E-state index contributed by atoms with van der Waals surface area (Å²) in [5.74, 6) is -3.14. The minimum atomic E-state index is -1.26. The number of ether oxygens (including phenoxy) is 3. The van der Waals surface area contributed by atoms with Gasteiger partial charge in [0, 0.05) is 0 Å². The molecule has 0 aromatic heterocycles. The summed E-state index contributed by atoms with van der Waals surface area (Å²) in [5.41, 5.74) is 0.802. The molecule has 3 rings (SSSR count). The quantitative estimate of drug-likeness (QED) is 0.529. The highest BCUT2D eigenvalue weighted by Gasteiger charge is 2.45. The van der Waals surface area contributed by atoms with Crippen LogP contribution in [-0.4, -0.2) is 41.5 Å². The van der Waals surface area contributed by atoms with Gasteiger partial charge in [0.05, 0.1) is 19.8 Å². The van der Waals surface area contributed by atoms with Crippen LogP contribution in [0.2, 0.25) is 0 Å². The molecule has 8 heteroatoms. The van der Waals surface area contributed by atoms with E-state index in [4.69, 9.17) is 14.2 Å². The second-order valence-corrected chi connectivity index (χ2v) is 6.10. The molecule has 3 N–H and O–H groups in total. The van der Waals surface area contributed by atoms with Crippen molar-refractivity contribution in [3.63, 3.8) is 0 Å². The average Bonchev–Trinajstić information content (AvgIpc) is 3.00. The first kappa shape index (κ1) is 19.1. The smallest absolute Gasteiger partial charge is 0.335 e. The highest BCUT2D eigenvalue weighted by atomic mass is 16.6. The highest BCUT2D eigenvalue weighted by Crippen LogP contribution is 2.42. The lowest BCUT2D eigenvalue weighted by molar-refractivity contribution is -0.144. The van der Waals surface area contributed by atoms with Gasteiger partial charge in [0.1, 0.15) is 12.0 Å². The Kier molecular flexibility index (Phi) is 5.12. The molecule has 2 aromatic rings. The van der Waals surface area contributed by atoms with E-state index in [0.717, 1.165) is 0 Å². The number of methoxy groups -OCH3 is 2. The van der Waals surface area contributed by atoms with Crippen LogP contribution < -0.4 is 9.47 Å². The zero-order chi connectivity index (χ0) is 20.4. The first-order valence-corrected chi connectivity index (χ1v) is 8.25. The van der Waals surface area contributed by atoms with Crippen LogP contribution in [0.3, 0.4) is 0 Å². The second kappa shape index (κ2) is 7.51. The third-order valence-corrected chi connectivity index (χ3v) is 4.43. The fraction of sp³-hybridized carbons (Fsp3) is 0.200. The van der Waals surface area contributed by atoms with Crippen LogP contribution in [0.4, 0.5) is 0 Å². The molecule has 8 nitrogen and oxygen atoms in total. The van der Waals surface area contributed by atoms with Gasteiger partial charge in [-0.3, -0.25) is 4.79 Å². The third-order valence-electron chi connectivity index (χ3n) is 4.43. The molecule has 1 saturated heterocycles. The second-order valence-electron chi connectivity index (χ2n) is 6.10. The Hall–Kier alpha value is -3.68. The largest absolute Gasteiger partial charge is 0.504 e. The predicted molar refractivity (Wildman–Crippen MR) is 97.3 cm³/mol. The highest BCUT2D eigenvalue weighted by molar-refractivity contribution is 6.02. The van der Waals surface area contributed by atoms with Gasteiger partial charge < -0.3 is 29.5 Å². The molecular formula is C20H18O8. The van der Waals surface area contributed by atoms with Crippen molar-refractivity contribution in [2.45, 2.75) is 6.10 Å². The van der Waals surface area contributed by atoms with Crippen LogP contribution in [0.1, 0.15) is 17.2 Å². The van der Waals surface area contributed by atoms with Crippen LogP contribution in [0.15, 0.2) is 42.0 Å². The molecule has 0 saturated carbocycles. The maximum absolute atomic E-state index is 12.4. The maximum atomic E-state index is 12.4. The van der Waals surface area contributed by atoms with E-state index in [0.29, 0.717) is 11.1 Å². The molecule has 146 valence electrons. The summed E-state index contributed by atoms with van der Waals surface area (Å²) in [6, 6.07) is 8.62. The molecule has 0 amide bonds. The zero-order valence-electron chi connectivity index (χ0n) is 15.1. The topological polar surface area (TPSA) is 123 Å². The number of phenols is 2. The van der Waals surface area contributed by atoms with Crippen LogP contribution in [0.5, 0.6) is 23.0 Å². The van der Waals surface area contributed by atoms with Gasteiger partial charge in [0.15, 0.2) is 23.0 Å². The van der Waals surface area contributed by atoms with Crippen LogP contribution in [0, 0.1) is 5.92 Å². The number of carbonyl (C=O) groups is 2. The van der Waals surface area contributed by atoms with Crippen molar-refractivity contribution in [1.29, 1.82) is 0 Å². The minimum absolute atomic E-state index is 0.0442. The number of carboxylic acids is 1. The summed E-state index contributed by atoms with van der Waals surface area (Å²) < 4.78 is 15.4. The molecule has 2 unspecified atom stereocenters. The third kappa shape index (κ3) is 3.44. The van der Waals surface area contributed by atoms with Gasteiger partial charge in [-0.1, -0.05) is 12.1 Å². The SMILES string of the molecule is COc1cc(C=C2C(=O)OC(c3ccc(O)c(OC)c3)C2C(=O)O)ccc1O. The van der Waals surface area contributed by atoms with Gasteiger partial charge in [0.2, 0.25) is 0 Å². The number of carboxylic acid groups (broad SMARTS) is 1. The number of cyclic esters (lactones) is 1. The molecule has 2 aromatic carbocycles. The van der Waals surface area contributed by atoms with E-state index in [1.165, 1.54) is 56.7 Å². The van der Waals surface area contributed by atoms with Gasteiger partial charge in [-0.2, -0.15) is 0 Å². The normalized spacial score (nSPS) is 20.1. The summed E-state index contributed by atoms with van der Waals surface area (Å²) in [4.78, 5) is 24.3. The molecule has 1 aliphatic heterocycles. The van der Waals surface area contributed by atoms with Crippen molar-refractivity contribution in [3.05, 3.63) is 53.1 Å². The van der Waals surface area contributed by atoms with Gasteiger partial charge in [-0.05, 0) is 41.5 Å². The number of rotatable bonds is 5. The van der Waals surface area contributed by atoms with E-state index >= 15 is 0 Å². The standard InChI is InChI=1S/C20H18O8/c1-26-15-8-10(3-5-13(15)21)7-12-17(19(23)24)18(28-20(12)25)11-4-6-14(22)16(9-11)27-2/h3-9,17-18,21-22H,1-2H3,(H,23,24). The summed E-state index contributed by atoms with van der Waals surface area (Å²) in [5, 5.41) is 29.1. The number of hydrogen-bond donors (Lipinski definition) is 3. The fourth-order valence-corrected chi connectivity index (χ4v) is 3.05. The Labute approximate surface area is 160 Å². The lowest BCUT2D eigenvalue weighted by atomic mass is 9.90. The first-order chi connectivity index (χ1) is 13.3. The number of hydrogen-bond acceptors (Lipinski definition) is 7. The molecule has 1 aliphatic rings. The monoisotopic (exact) mass is 386 g/mol. The molecule has 0 aliphatic carbocycles. The number of aliphatic carboxylic acids is 1. The molecule has 2 atom stereocenters. The number of carbonyl (C=O) groups excluding carboxylic acids is 1. The maximum Gasteiger partial charge on any atom is 0.335 e. The Bertz CT molecular complexity index is 963. The molecule has 0 radical (unpaired) electrons. The van der Waals surface area contributed by atoms with E-state index in [1.807, 2.05) is 0 Å². The number of aromatic hydroxyl groups is 2. The zero-order valence-corrected chi connectivity index (χ0v) is 15.1. The Balaban J connectivity index is 2.03. The van der Waals surface area contributed by atoms with E-state index in [9.17, 15) is 24.9 Å². The van der Waals surface area contributed by atoms with Crippen molar-refractivity contribution < 1.29 is 39.1 Å². The van der Waals surface area contributed by atoms with E-state index in [-0.39, 0.29) is 28.6 Å². The lowest BCUT2D eigenvalue weighted by Crippen LogP contribution is -2.19. The van der Waals surface area contributed by atoms with Crippen LogP contribution in [0.25, 0.3) is 6.08 Å². The minimum Gasteiger partial charge on any atom is -0.504 e. The fourth-order valence-electron chi connectivity index (χ4n) is 3.05. The summed E-state index contributed by atoms with van der Waals surface area (Å²) in [6.45, 7) is 0. The Morgan fingerprint density at radius 2 is 1.64 bits per heavy atom. The molecular weight excluding hydrogens is 368 g/mol. The number of phenolic OH excluding ortho intramolecular Hbond substituents is 2. The van der Waals surface area contributed by atoms with Gasteiger partial charge in [-0.15, -0.1) is 0 Å². The molecule has 28 heavy (non-hydrogen) atoms. The first-order valence-electron chi connectivity index (χ1n) is 8.25. The van der Waals surface area contributed by atoms with Crippen molar-refractivity contribution >= 4 is 18.0 Å². The molecule has 1 fully saturated rings. The lowest BCUT2D eigenvalue weighted by Gasteiger charge is -2.16. The molecule has 1 heterocycles. The molecule has 0 bridgehead atoms. The Morgan fingerprint density at radius 3 is 2.25 bits per heavy atom.